The Morgan fingerprint density at radius 3 is 2.85 bits per heavy atom. The van der Waals surface area contributed by atoms with Crippen LogP contribution in [0.2, 0.25) is 0 Å². The third kappa shape index (κ3) is 3.21. The standard InChI is InChI=1S/C20H22N2O2S2/c1-11-17-15(8-9-16-18(17)22-12(2)26-16)24-19(11)20(23)21-10-13-4-6-14(25-3)7-5-13/h4-7,16,18H,8-10H2,1-3H3,(H,21,23)/t16-,18+/m0/s1. The quantitative estimate of drug-likeness (QED) is 0.770. The Kier molecular flexibility index (Phi) is 4.88. The van der Waals surface area contributed by atoms with Gasteiger partial charge in [-0.1, -0.05) is 12.1 Å². The van der Waals surface area contributed by atoms with Crippen LogP contribution in [0, 0.1) is 6.92 Å². The van der Waals surface area contributed by atoms with Gasteiger partial charge in [-0.3, -0.25) is 9.79 Å². The number of furan rings is 1. The van der Waals surface area contributed by atoms with E-state index in [0.29, 0.717) is 17.6 Å². The number of aliphatic imine (C=N–C) groups is 1. The van der Waals surface area contributed by atoms with Crippen LogP contribution in [0.15, 0.2) is 38.6 Å². The maximum atomic E-state index is 12.7. The van der Waals surface area contributed by atoms with Crippen LogP contribution in [0.4, 0.5) is 0 Å². The highest BCUT2D eigenvalue weighted by atomic mass is 32.2. The van der Waals surface area contributed by atoms with Crippen LogP contribution in [-0.4, -0.2) is 22.5 Å². The smallest absolute Gasteiger partial charge is 0.287 e. The van der Waals surface area contributed by atoms with E-state index < -0.39 is 0 Å². The highest BCUT2D eigenvalue weighted by Gasteiger charge is 2.39. The zero-order valence-electron chi connectivity index (χ0n) is 15.2. The number of nitrogens with one attached hydrogen (secondary N) is 1. The number of benzene rings is 1. The van der Waals surface area contributed by atoms with Gasteiger partial charge in [0, 0.05) is 34.2 Å². The minimum Gasteiger partial charge on any atom is -0.455 e. The molecule has 26 heavy (non-hydrogen) atoms. The van der Waals surface area contributed by atoms with E-state index in [1.807, 2.05) is 30.8 Å². The third-order valence-corrected chi connectivity index (χ3v) is 7.02. The van der Waals surface area contributed by atoms with Crippen molar-refractivity contribution in [3.63, 3.8) is 0 Å². The number of hydrogen-bond acceptors (Lipinski definition) is 5. The summed E-state index contributed by atoms with van der Waals surface area (Å²) in [6.07, 6.45) is 3.99. The first-order valence-corrected chi connectivity index (χ1v) is 10.9. The van der Waals surface area contributed by atoms with Crippen LogP contribution in [0.3, 0.4) is 0 Å². The van der Waals surface area contributed by atoms with Crippen molar-refractivity contribution in [1.29, 1.82) is 0 Å². The fraction of sp³-hybridized carbons (Fsp3) is 0.400. The Labute approximate surface area is 162 Å². The van der Waals surface area contributed by atoms with E-state index >= 15 is 0 Å². The van der Waals surface area contributed by atoms with Gasteiger partial charge in [-0.2, -0.15) is 0 Å². The molecular formula is C20H22N2O2S2. The maximum absolute atomic E-state index is 12.7. The Bertz CT molecular complexity index is 871. The van der Waals surface area contributed by atoms with E-state index in [4.69, 9.17) is 9.41 Å². The van der Waals surface area contributed by atoms with E-state index in [-0.39, 0.29) is 11.9 Å². The molecule has 0 unspecified atom stereocenters. The number of rotatable bonds is 4. The first-order chi connectivity index (χ1) is 12.6. The Balaban J connectivity index is 1.51. The van der Waals surface area contributed by atoms with Gasteiger partial charge in [0.1, 0.15) is 5.76 Å². The predicted octanol–water partition coefficient (Wildman–Crippen LogP) is 4.76. The fourth-order valence-corrected chi connectivity index (χ4v) is 5.30. The second kappa shape index (κ2) is 7.16. The predicted molar refractivity (Wildman–Crippen MR) is 108 cm³/mol. The van der Waals surface area contributed by atoms with Gasteiger partial charge in [0.2, 0.25) is 0 Å². The molecule has 0 saturated carbocycles. The molecule has 136 valence electrons. The van der Waals surface area contributed by atoms with Crippen LogP contribution in [0.1, 0.15) is 52.4 Å². The van der Waals surface area contributed by atoms with Crippen molar-refractivity contribution in [2.24, 2.45) is 4.99 Å². The first-order valence-electron chi connectivity index (χ1n) is 8.81. The zero-order valence-corrected chi connectivity index (χ0v) is 16.8. The number of thioether (sulfide) groups is 2. The van der Waals surface area contributed by atoms with E-state index in [0.717, 1.165) is 40.3 Å². The lowest BCUT2D eigenvalue weighted by atomic mass is 9.90. The lowest BCUT2D eigenvalue weighted by Crippen LogP contribution is -2.23. The summed E-state index contributed by atoms with van der Waals surface area (Å²) in [5.41, 5.74) is 3.17. The highest BCUT2D eigenvalue weighted by Crippen LogP contribution is 2.47. The van der Waals surface area contributed by atoms with Gasteiger partial charge in [-0.25, -0.2) is 0 Å². The van der Waals surface area contributed by atoms with Gasteiger partial charge in [0.15, 0.2) is 5.76 Å². The second-order valence-electron chi connectivity index (χ2n) is 6.71. The Hall–Kier alpha value is -1.66. The maximum Gasteiger partial charge on any atom is 0.287 e. The third-order valence-electron chi connectivity index (χ3n) is 5.04. The zero-order chi connectivity index (χ0) is 18.3. The lowest BCUT2D eigenvalue weighted by Gasteiger charge is -2.22. The normalized spacial score (nSPS) is 21.1. The number of aryl methyl sites for hydroxylation is 1. The van der Waals surface area contributed by atoms with Crippen molar-refractivity contribution in [2.75, 3.05) is 6.26 Å². The van der Waals surface area contributed by atoms with E-state index in [1.54, 1.807) is 11.8 Å². The molecule has 1 N–H and O–H groups in total. The molecule has 4 nitrogen and oxygen atoms in total. The molecular weight excluding hydrogens is 364 g/mol. The van der Waals surface area contributed by atoms with Crippen LogP contribution in [0.5, 0.6) is 0 Å². The molecule has 2 heterocycles. The van der Waals surface area contributed by atoms with Gasteiger partial charge in [0.25, 0.3) is 5.91 Å². The van der Waals surface area contributed by atoms with Crippen molar-refractivity contribution >= 4 is 34.5 Å². The molecule has 0 saturated heterocycles. The molecule has 4 rings (SSSR count). The summed E-state index contributed by atoms with van der Waals surface area (Å²) in [6, 6.07) is 8.38. The summed E-state index contributed by atoms with van der Waals surface area (Å²) in [5.74, 6) is 1.24. The summed E-state index contributed by atoms with van der Waals surface area (Å²) in [5, 5.41) is 4.61. The number of hydrogen-bond donors (Lipinski definition) is 1. The van der Waals surface area contributed by atoms with Crippen molar-refractivity contribution in [2.45, 2.75) is 49.4 Å². The Morgan fingerprint density at radius 1 is 1.35 bits per heavy atom. The molecule has 1 aromatic heterocycles. The van der Waals surface area contributed by atoms with Crippen LogP contribution in [0.25, 0.3) is 0 Å². The van der Waals surface area contributed by atoms with Crippen LogP contribution in [-0.2, 0) is 13.0 Å². The van der Waals surface area contributed by atoms with Crippen molar-refractivity contribution in [3.05, 3.63) is 52.5 Å². The number of fused-ring (bicyclic) bond motifs is 3. The van der Waals surface area contributed by atoms with E-state index in [9.17, 15) is 4.79 Å². The SMILES string of the molecule is CSc1ccc(CNC(=O)c2oc3c(c2C)[C@@H]2N=C(C)S[C@H]2CC3)cc1. The fourth-order valence-electron chi connectivity index (χ4n) is 3.71. The molecule has 1 aliphatic carbocycles. The number of carbonyl (C=O) groups excluding carboxylic acids is 1. The van der Waals surface area contributed by atoms with Gasteiger partial charge >= 0.3 is 0 Å². The molecule has 0 spiro atoms. The van der Waals surface area contributed by atoms with Gasteiger partial charge < -0.3 is 9.73 Å². The minimum absolute atomic E-state index is 0.145. The lowest BCUT2D eigenvalue weighted by molar-refractivity contribution is 0.0920. The molecule has 1 aliphatic heterocycles. The molecule has 2 aliphatic rings. The van der Waals surface area contributed by atoms with E-state index in [1.165, 1.54) is 4.90 Å². The Morgan fingerprint density at radius 2 is 2.12 bits per heavy atom. The molecule has 0 fully saturated rings. The summed E-state index contributed by atoms with van der Waals surface area (Å²) >= 11 is 3.56. The molecule has 2 aromatic rings. The average molecular weight is 387 g/mol. The molecule has 1 amide bonds. The van der Waals surface area contributed by atoms with E-state index in [2.05, 4.69) is 30.6 Å². The minimum atomic E-state index is -0.145. The number of nitrogens with zero attached hydrogens (tertiary/aromatic N) is 1. The highest BCUT2D eigenvalue weighted by molar-refractivity contribution is 8.14. The topological polar surface area (TPSA) is 54.6 Å². The molecule has 6 heteroatoms. The van der Waals surface area contributed by atoms with Crippen LogP contribution < -0.4 is 5.32 Å². The monoisotopic (exact) mass is 386 g/mol. The van der Waals surface area contributed by atoms with Crippen LogP contribution >= 0.6 is 23.5 Å². The average Bonchev–Trinajstić information content (AvgIpc) is 3.19. The molecule has 0 radical (unpaired) electrons. The van der Waals surface area contributed by atoms with Gasteiger partial charge in [0.05, 0.1) is 11.1 Å². The molecule has 2 atom stereocenters. The first kappa shape index (κ1) is 17.7. The molecule has 0 bridgehead atoms. The van der Waals surface area contributed by atoms with Crippen molar-refractivity contribution in [1.82, 2.24) is 5.32 Å². The summed E-state index contributed by atoms with van der Waals surface area (Å²) < 4.78 is 5.97. The second-order valence-corrected chi connectivity index (χ2v) is 9.02. The van der Waals surface area contributed by atoms with Gasteiger partial charge in [-0.15, -0.1) is 23.5 Å². The van der Waals surface area contributed by atoms with Gasteiger partial charge in [-0.05, 0) is 44.2 Å². The summed E-state index contributed by atoms with van der Waals surface area (Å²) in [6.45, 7) is 4.55. The molecule has 1 aromatic carbocycles. The largest absolute Gasteiger partial charge is 0.455 e. The van der Waals surface area contributed by atoms with Crippen molar-refractivity contribution in [3.8, 4) is 0 Å². The summed E-state index contributed by atoms with van der Waals surface area (Å²) in [7, 11) is 0. The number of carbonyl (C=O) groups is 1. The summed E-state index contributed by atoms with van der Waals surface area (Å²) in [4.78, 5) is 18.7. The number of amides is 1. The van der Waals surface area contributed by atoms with Crippen molar-refractivity contribution < 1.29 is 9.21 Å².